The first-order chi connectivity index (χ1) is 12.4. The summed E-state index contributed by atoms with van der Waals surface area (Å²) < 4.78 is 52.9. The Hall–Kier alpha value is -2.12. The Labute approximate surface area is 153 Å². The summed E-state index contributed by atoms with van der Waals surface area (Å²) in [4.78, 5) is 0.0211. The molecule has 140 valence electrons. The van der Waals surface area contributed by atoms with E-state index < -0.39 is 15.6 Å². The van der Waals surface area contributed by atoms with Crippen LogP contribution in [0.3, 0.4) is 0 Å². The summed E-state index contributed by atoms with van der Waals surface area (Å²) >= 11 is 0. The molecule has 0 aromatic heterocycles. The van der Waals surface area contributed by atoms with Crippen molar-refractivity contribution in [2.45, 2.75) is 36.1 Å². The van der Waals surface area contributed by atoms with E-state index in [1.54, 1.807) is 24.3 Å². The van der Waals surface area contributed by atoms with Crippen LogP contribution in [0.15, 0.2) is 47.4 Å². The van der Waals surface area contributed by atoms with E-state index in [1.807, 2.05) is 0 Å². The molecule has 5 nitrogen and oxygen atoms in total. The van der Waals surface area contributed by atoms with E-state index >= 15 is 0 Å². The second-order valence-electron chi connectivity index (χ2n) is 6.42. The summed E-state index contributed by atoms with van der Waals surface area (Å²) in [7, 11) is -0.987. The molecule has 0 amide bonds. The number of benzene rings is 2. The fourth-order valence-electron chi connectivity index (χ4n) is 3.50. The molecule has 0 atom stereocenters. The van der Waals surface area contributed by atoms with Gasteiger partial charge in [-0.2, -0.15) is 0 Å². The minimum absolute atomic E-state index is 0.0211. The zero-order chi connectivity index (χ0) is 18.8. The topological polar surface area (TPSA) is 64.6 Å². The maximum absolute atomic E-state index is 13.3. The van der Waals surface area contributed by atoms with Gasteiger partial charge in [-0.1, -0.05) is 25.0 Å². The van der Waals surface area contributed by atoms with Crippen molar-refractivity contribution in [2.24, 2.45) is 0 Å². The van der Waals surface area contributed by atoms with Gasteiger partial charge in [0.25, 0.3) is 0 Å². The molecule has 1 N–H and O–H groups in total. The SMILES string of the molecule is COc1ccc(OC)c(S(=O)(=O)NC2(c3ccc(F)cc3)CCCC2)c1. The largest absolute Gasteiger partial charge is 0.497 e. The van der Waals surface area contributed by atoms with Crippen LogP contribution in [0.25, 0.3) is 0 Å². The molecule has 0 radical (unpaired) electrons. The maximum Gasteiger partial charge on any atom is 0.245 e. The van der Waals surface area contributed by atoms with Crippen molar-refractivity contribution >= 4 is 10.0 Å². The first-order valence-electron chi connectivity index (χ1n) is 8.42. The highest BCUT2D eigenvalue weighted by atomic mass is 32.2. The van der Waals surface area contributed by atoms with Crippen molar-refractivity contribution in [1.82, 2.24) is 4.72 Å². The van der Waals surface area contributed by atoms with Gasteiger partial charge >= 0.3 is 0 Å². The quantitative estimate of drug-likeness (QED) is 0.833. The van der Waals surface area contributed by atoms with E-state index in [0.717, 1.165) is 18.4 Å². The predicted molar refractivity (Wildman–Crippen MR) is 96.4 cm³/mol. The summed E-state index contributed by atoms with van der Waals surface area (Å²) in [5.74, 6) is 0.318. The second kappa shape index (κ2) is 7.25. The van der Waals surface area contributed by atoms with E-state index in [9.17, 15) is 12.8 Å². The van der Waals surface area contributed by atoms with Gasteiger partial charge in [0.05, 0.1) is 19.8 Å². The third kappa shape index (κ3) is 3.54. The van der Waals surface area contributed by atoms with Gasteiger partial charge in [-0.15, -0.1) is 0 Å². The summed E-state index contributed by atoms with van der Waals surface area (Å²) in [6.07, 6.45) is 3.11. The summed E-state index contributed by atoms with van der Waals surface area (Å²) in [6.45, 7) is 0. The molecule has 0 aliphatic heterocycles. The second-order valence-corrected chi connectivity index (χ2v) is 8.07. The zero-order valence-electron chi connectivity index (χ0n) is 14.8. The van der Waals surface area contributed by atoms with E-state index in [-0.39, 0.29) is 16.5 Å². The summed E-state index contributed by atoms with van der Waals surface area (Å²) in [5.41, 5.74) is 0.0162. The van der Waals surface area contributed by atoms with Gasteiger partial charge in [0.2, 0.25) is 10.0 Å². The van der Waals surface area contributed by atoms with Crippen molar-refractivity contribution in [3.63, 3.8) is 0 Å². The lowest BCUT2D eigenvalue weighted by Crippen LogP contribution is -2.43. The molecule has 2 aromatic carbocycles. The van der Waals surface area contributed by atoms with Crippen LogP contribution in [0.5, 0.6) is 11.5 Å². The van der Waals surface area contributed by atoms with Crippen LogP contribution in [0.4, 0.5) is 4.39 Å². The Bertz CT molecular complexity index is 875. The molecule has 26 heavy (non-hydrogen) atoms. The molecule has 3 rings (SSSR count). The third-order valence-corrected chi connectivity index (χ3v) is 6.40. The fraction of sp³-hybridized carbons (Fsp3) is 0.368. The minimum Gasteiger partial charge on any atom is -0.497 e. The highest BCUT2D eigenvalue weighted by Crippen LogP contribution is 2.41. The van der Waals surface area contributed by atoms with Crippen LogP contribution < -0.4 is 14.2 Å². The number of ether oxygens (including phenoxy) is 2. The number of halogens is 1. The first kappa shape index (κ1) is 18.7. The van der Waals surface area contributed by atoms with Gasteiger partial charge < -0.3 is 9.47 Å². The van der Waals surface area contributed by atoms with Crippen molar-refractivity contribution in [2.75, 3.05) is 14.2 Å². The van der Waals surface area contributed by atoms with Gasteiger partial charge in [-0.25, -0.2) is 17.5 Å². The lowest BCUT2D eigenvalue weighted by Gasteiger charge is -2.31. The molecule has 0 unspecified atom stereocenters. The zero-order valence-corrected chi connectivity index (χ0v) is 15.6. The van der Waals surface area contributed by atoms with Crippen molar-refractivity contribution < 1.29 is 22.3 Å². The van der Waals surface area contributed by atoms with Crippen LogP contribution in [0.1, 0.15) is 31.2 Å². The monoisotopic (exact) mass is 379 g/mol. The molecule has 7 heteroatoms. The molecule has 0 bridgehead atoms. The van der Waals surface area contributed by atoms with Crippen LogP contribution >= 0.6 is 0 Å². The number of hydrogen-bond donors (Lipinski definition) is 1. The molecule has 1 aliphatic carbocycles. The average Bonchev–Trinajstić information content (AvgIpc) is 3.10. The van der Waals surface area contributed by atoms with Crippen LogP contribution in [0, 0.1) is 5.82 Å². The summed E-state index contributed by atoms with van der Waals surface area (Å²) in [5, 5.41) is 0. The molecule has 1 saturated carbocycles. The maximum atomic E-state index is 13.3. The lowest BCUT2D eigenvalue weighted by atomic mass is 9.89. The van der Waals surface area contributed by atoms with Gasteiger partial charge in [0, 0.05) is 6.07 Å². The predicted octanol–water partition coefficient (Wildman–Crippen LogP) is 3.59. The Morgan fingerprint density at radius 1 is 1.00 bits per heavy atom. The Kier molecular flexibility index (Phi) is 5.20. The van der Waals surface area contributed by atoms with Crippen LogP contribution in [0.2, 0.25) is 0 Å². The normalized spacial score (nSPS) is 16.4. The van der Waals surface area contributed by atoms with Gasteiger partial charge in [0.15, 0.2) is 0 Å². The number of methoxy groups -OCH3 is 2. The van der Waals surface area contributed by atoms with Crippen LogP contribution in [-0.4, -0.2) is 22.6 Å². The number of sulfonamides is 1. The minimum atomic E-state index is -3.88. The van der Waals surface area contributed by atoms with Gasteiger partial charge in [-0.05, 0) is 42.7 Å². The Morgan fingerprint density at radius 3 is 2.23 bits per heavy atom. The molecular weight excluding hydrogens is 357 g/mol. The molecule has 0 heterocycles. The molecule has 1 fully saturated rings. The number of rotatable bonds is 6. The van der Waals surface area contributed by atoms with E-state index in [0.29, 0.717) is 18.6 Å². The van der Waals surface area contributed by atoms with Crippen LogP contribution in [-0.2, 0) is 15.6 Å². The lowest BCUT2D eigenvalue weighted by molar-refractivity contribution is 0.384. The van der Waals surface area contributed by atoms with Gasteiger partial charge in [0.1, 0.15) is 22.2 Å². The highest BCUT2D eigenvalue weighted by molar-refractivity contribution is 7.89. The van der Waals surface area contributed by atoms with E-state index in [2.05, 4.69) is 4.72 Å². The van der Waals surface area contributed by atoms with Crippen molar-refractivity contribution in [3.05, 3.63) is 53.8 Å². The average molecular weight is 379 g/mol. The number of hydrogen-bond acceptors (Lipinski definition) is 4. The Balaban J connectivity index is 2.03. The first-order valence-corrected chi connectivity index (χ1v) is 9.90. The molecule has 2 aromatic rings. The third-order valence-electron chi connectivity index (χ3n) is 4.84. The summed E-state index contributed by atoms with van der Waals surface area (Å²) in [6, 6.07) is 10.6. The fourth-order valence-corrected chi connectivity index (χ4v) is 5.14. The Morgan fingerprint density at radius 2 is 1.65 bits per heavy atom. The van der Waals surface area contributed by atoms with E-state index in [1.165, 1.54) is 32.4 Å². The smallest absolute Gasteiger partial charge is 0.245 e. The van der Waals surface area contributed by atoms with Crippen molar-refractivity contribution in [1.29, 1.82) is 0 Å². The molecule has 0 spiro atoms. The van der Waals surface area contributed by atoms with Crippen molar-refractivity contribution in [3.8, 4) is 11.5 Å². The molecule has 1 aliphatic rings. The standard InChI is InChI=1S/C19H22FNO4S/c1-24-16-9-10-17(25-2)18(13-16)26(22,23)21-19(11-3-4-12-19)14-5-7-15(20)8-6-14/h5-10,13,21H,3-4,11-12H2,1-2H3. The van der Waals surface area contributed by atoms with E-state index in [4.69, 9.17) is 9.47 Å². The van der Waals surface area contributed by atoms with Gasteiger partial charge in [-0.3, -0.25) is 0 Å². The highest BCUT2D eigenvalue weighted by Gasteiger charge is 2.40. The number of nitrogens with one attached hydrogen (secondary N) is 1. The molecular formula is C19H22FNO4S. The molecule has 0 saturated heterocycles.